The van der Waals surface area contributed by atoms with Crippen LogP contribution in [-0.2, 0) is 24.2 Å². The Morgan fingerprint density at radius 2 is 1.73 bits per heavy atom. The van der Waals surface area contributed by atoms with Gasteiger partial charge in [-0.1, -0.05) is 41.6 Å². The number of benzene rings is 2. The van der Waals surface area contributed by atoms with Crippen LogP contribution in [0.25, 0.3) is 11.1 Å². The highest BCUT2D eigenvalue weighted by atomic mass is 32.2. The van der Waals surface area contributed by atoms with Crippen molar-refractivity contribution in [3.05, 3.63) is 104 Å². The summed E-state index contributed by atoms with van der Waals surface area (Å²) in [7, 11) is 2.04. The highest BCUT2D eigenvalue weighted by Crippen LogP contribution is 2.44. The average molecular weight is 552 g/mol. The number of hydrogen-bond donors (Lipinski definition) is 0. The molecule has 1 atom stereocenters. The Bertz CT molecular complexity index is 1610. The van der Waals surface area contributed by atoms with E-state index in [0.29, 0.717) is 11.4 Å². The predicted octanol–water partition coefficient (Wildman–Crippen LogP) is 3.61. The number of rotatable bonds is 4. The maximum Gasteiger partial charge on any atom is 0.271 e. The summed E-state index contributed by atoms with van der Waals surface area (Å²) < 4.78 is 26.5. The van der Waals surface area contributed by atoms with Crippen LogP contribution < -0.4 is 24.2 Å². The molecular formula is C28H29N3O3S3. The monoisotopic (exact) mass is 551 g/mol. The molecule has 0 bridgehead atoms. The van der Waals surface area contributed by atoms with Gasteiger partial charge in [-0.3, -0.25) is 13.6 Å². The van der Waals surface area contributed by atoms with E-state index < -0.39 is 11.1 Å². The molecule has 0 N–H and O–H groups in total. The molecule has 0 aliphatic carbocycles. The SMILES string of the molecule is CCn1c(=O)/c(=C2\Sc3ccccc3N2C)s/c1=C/c1cccc[n+]1CC.Cc1ccc(S(=O)[O-])cc1. The van der Waals surface area contributed by atoms with Gasteiger partial charge in [0, 0.05) is 41.6 Å². The molecule has 6 nitrogen and oxygen atoms in total. The van der Waals surface area contributed by atoms with Crippen molar-refractivity contribution in [2.45, 2.75) is 43.7 Å². The summed E-state index contributed by atoms with van der Waals surface area (Å²) in [6.07, 6.45) is 4.19. The van der Waals surface area contributed by atoms with Gasteiger partial charge < -0.3 is 9.45 Å². The van der Waals surface area contributed by atoms with Crippen LogP contribution in [0.4, 0.5) is 5.69 Å². The molecule has 1 aliphatic heterocycles. The largest absolute Gasteiger partial charge is 0.768 e. The highest BCUT2D eigenvalue weighted by Gasteiger charge is 2.24. The maximum atomic E-state index is 13.1. The first-order valence-corrected chi connectivity index (χ1v) is 14.7. The molecular weight excluding hydrogens is 523 g/mol. The lowest BCUT2D eigenvalue weighted by atomic mass is 10.2. The Morgan fingerprint density at radius 3 is 2.38 bits per heavy atom. The van der Waals surface area contributed by atoms with Gasteiger partial charge in [-0.05, 0) is 62.2 Å². The number of thiazole rings is 1. The second-order valence-corrected chi connectivity index (χ2v) is 11.4. The number of pyridine rings is 1. The van der Waals surface area contributed by atoms with Gasteiger partial charge >= 0.3 is 0 Å². The number of hydrogen-bond acceptors (Lipinski definition) is 6. The molecule has 0 saturated heterocycles. The van der Waals surface area contributed by atoms with E-state index in [1.54, 1.807) is 47.4 Å². The molecule has 1 unspecified atom stereocenters. The van der Waals surface area contributed by atoms with E-state index in [0.717, 1.165) is 37.7 Å². The van der Waals surface area contributed by atoms with Crippen molar-refractivity contribution in [3.63, 3.8) is 0 Å². The molecule has 4 aromatic rings. The summed E-state index contributed by atoms with van der Waals surface area (Å²) in [5.41, 5.74) is 3.42. The summed E-state index contributed by atoms with van der Waals surface area (Å²) in [5, 5.41) is 1.02. The van der Waals surface area contributed by atoms with Crippen molar-refractivity contribution < 1.29 is 13.3 Å². The minimum absolute atomic E-state index is 0.0925. The van der Waals surface area contributed by atoms with E-state index >= 15 is 0 Å². The summed E-state index contributed by atoms with van der Waals surface area (Å²) in [6, 6.07) is 21.1. The van der Waals surface area contributed by atoms with E-state index in [4.69, 9.17) is 0 Å². The Labute approximate surface area is 227 Å². The number of aryl methyl sites for hydroxylation is 2. The van der Waals surface area contributed by atoms with Crippen LogP contribution in [0.3, 0.4) is 0 Å². The lowest BCUT2D eigenvalue weighted by Gasteiger charge is -2.11. The van der Waals surface area contributed by atoms with Crippen LogP contribution in [0.15, 0.2) is 87.5 Å². The van der Waals surface area contributed by atoms with Gasteiger partial charge in [0.15, 0.2) is 6.20 Å². The van der Waals surface area contributed by atoms with Gasteiger partial charge in [-0.2, -0.15) is 4.57 Å². The van der Waals surface area contributed by atoms with Crippen LogP contribution in [-0.4, -0.2) is 20.4 Å². The summed E-state index contributed by atoms with van der Waals surface area (Å²) in [6.45, 7) is 7.62. The van der Waals surface area contributed by atoms with Gasteiger partial charge in [0.05, 0.1) is 5.69 Å². The number of anilines is 1. The lowest BCUT2D eigenvalue weighted by molar-refractivity contribution is -0.695. The highest BCUT2D eigenvalue weighted by molar-refractivity contribution is 8.08. The molecule has 2 aromatic heterocycles. The zero-order valence-electron chi connectivity index (χ0n) is 21.2. The Morgan fingerprint density at radius 1 is 1.03 bits per heavy atom. The molecule has 192 valence electrons. The fraction of sp³-hybridized carbons (Fsp3) is 0.214. The third kappa shape index (κ3) is 5.96. The molecule has 0 radical (unpaired) electrons. The molecule has 0 spiro atoms. The second kappa shape index (κ2) is 12.0. The molecule has 0 amide bonds. The summed E-state index contributed by atoms with van der Waals surface area (Å²) in [4.78, 5) is 16.8. The van der Waals surface area contributed by atoms with E-state index in [2.05, 4.69) is 46.9 Å². The van der Waals surface area contributed by atoms with Gasteiger partial charge in [0.1, 0.15) is 20.8 Å². The number of nitrogens with zero attached hydrogens (tertiary/aromatic N) is 3. The fourth-order valence-electron chi connectivity index (χ4n) is 3.95. The second-order valence-electron chi connectivity index (χ2n) is 8.36. The zero-order chi connectivity index (χ0) is 26.5. The summed E-state index contributed by atoms with van der Waals surface area (Å²) in [5.74, 6) is 0. The normalized spacial score (nSPS) is 15.3. The Hall–Kier alpha value is -2.98. The molecule has 2 aromatic carbocycles. The first-order chi connectivity index (χ1) is 17.8. The van der Waals surface area contributed by atoms with Crippen molar-refractivity contribution in [2.24, 2.45) is 0 Å². The van der Waals surface area contributed by atoms with Crippen LogP contribution in [0.1, 0.15) is 25.1 Å². The number of para-hydroxylation sites is 1. The van der Waals surface area contributed by atoms with Gasteiger partial charge in [0.2, 0.25) is 5.69 Å². The molecule has 9 heteroatoms. The van der Waals surface area contributed by atoms with Crippen molar-refractivity contribution in [1.29, 1.82) is 0 Å². The van der Waals surface area contributed by atoms with Gasteiger partial charge in [-0.15, -0.1) is 11.3 Å². The van der Waals surface area contributed by atoms with Gasteiger partial charge in [-0.25, -0.2) is 0 Å². The zero-order valence-corrected chi connectivity index (χ0v) is 23.7. The first kappa shape index (κ1) is 27.1. The Kier molecular flexibility index (Phi) is 8.81. The van der Waals surface area contributed by atoms with Crippen LogP contribution in [0, 0.1) is 6.92 Å². The standard InChI is InChI=1S/C21H22N3OS2.C7H8O2S/c1-4-23-13-9-8-10-15(23)14-18-24(5-2)20(25)19(27-18)21-22(3)16-11-6-7-12-17(16)26-21;1-6-2-4-7(5-3-6)10(8)9/h6-14H,4-5H2,1-3H3;2-5H,1H3,(H,8,9)/q+1;/p-1/b21-19+;. The summed E-state index contributed by atoms with van der Waals surface area (Å²) >= 11 is 1.17. The lowest BCUT2D eigenvalue weighted by Crippen LogP contribution is -2.36. The van der Waals surface area contributed by atoms with E-state index in [1.807, 2.05) is 49.7 Å². The molecule has 5 rings (SSSR count). The van der Waals surface area contributed by atoms with E-state index in [-0.39, 0.29) is 5.56 Å². The topological polar surface area (TPSA) is 69.2 Å². The third-order valence-corrected chi connectivity index (χ3v) is 9.10. The van der Waals surface area contributed by atoms with Crippen molar-refractivity contribution >= 4 is 51.0 Å². The smallest absolute Gasteiger partial charge is 0.271 e. The average Bonchev–Trinajstić information content (AvgIpc) is 3.40. The fourth-order valence-corrected chi connectivity index (χ4v) is 6.77. The predicted molar refractivity (Wildman–Crippen MR) is 152 cm³/mol. The Balaban J connectivity index is 0.000000270. The minimum atomic E-state index is -2.09. The number of thioether (sulfide) groups is 1. The van der Waals surface area contributed by atoms with Crippen molar-refractivity contribution in [3.8, 4) is 0 Å². The first-order valence-electron chi connectivity index (χ1n) is 11.9. The van der Waals surface area contributed by atoms with Crippen molar-refractivity contribution in [2.75, 3.05) is 11.9 Å². The van der Waals surface area contributed by atoms with E-state index in [9.17, 15) is 13.6 Å². The van der Waals surface area contributed by atoms with Crippen LogP contribution >= 0.6 is 23.1 Å². The number of fused-ring (bicyclic) bond motifs is 1. The molecule has 0 saturated carbocycles. The third-order valence-electron chi connectivity index (χ3n) is 5.96. The molecule has 37 heavy (non-hydrogen) atoms. The molecule has 1 aliphatic rings. The number of aromatic nitrogens is 2. The van der Waals surface area contributed by atoms with Crippen LogP contribution in [0.5, 0.6) is 0 Å². The molecule has 0 fully saturated rings. The molecule has 3 heterocycles. The van der Waals surface area contributed by atoms with Crippen LogP contribution in [0.2, 0.25) is 0 Å². The van der Waals surface area contributed by atoms with E-state index in [1.165, 1.54) is 4.90 Å². The minimum Gasteiger partial charge on any atom is -0.768 e. The quantitative estimate of drug-likeness (QED) is 0.286. The maximum absolute atomic E-state index is 13.1. The van der Waals surface area contributed by atoms with Crippen molar-refractivity contribution in [1.82, 2.24) is 4.57 Å². The van der Waals surface area contributed by atoms with Gasteiger partial charge in [0.25, 0.3) is 5.56 Å².